The minimum atomic E-state index is -0.690. The normalized spacial score (nSPS) is 14.2. The molecule has 0 heterocycles. The summed E-state index contributed by atoms with van der Waals surface area (Å²) < 4.78 is 11.0. The van der Waals surface area contributed by atoms with E-state index in [1.54, 1.807) is 0 Å². The fourth-order valence-electron chi connectivity index (χ4n) is 0.428. The molecule has 0 saturated heterocycles. The lowest BCUT2D eigenvalue weighted by Gasteiger charge is -1.93. The average Bonchev–Trinajstić information content (AvgIpc) is 1.97. The van der Waals surface area contributed by atoms with E-state index in [9.17, 15) is 4.21 Å². The summed E-state index contributed by atoms with van der Waals surface area (Å²) in [4.78, 5) is 0. The monoisotopic (exact) mass is 178 g/mol. The van der Waals surface area contributed by atoms with Gasteiger partial charge in [0.05, 0.1) is 9.83 Å². The van der Waals surface area contributed by atoms with E-state index in [0.29, 0.717) is 0 Å². The third-order valence-electron chi connectivity index (χ3n) is 0.964. The summed E-state index contributed by atoms with van der Waals surface area (Å²) in [6.45, 7) is 4.04. The topological polar surface area (TPSA) is 17.1 Å². The lowest BCUT2D eigenvalue weighted by Crippen LogP contribution is -1.88. The van der Waals surface area contributed by atoms with E-state index in [4.69, 9.17) is 0 Å². The summed E-state index contributed by atoms with van der Waals surface area (Å²) in [5.74, 6) is 0.825. The molecule has 0 aliphatic heterocycles. The Kier molecular flexibility index (Phi) is 7.52. The van der Waals surface area contributed by atoms with Crippen LogP contribution in [0.5, 0.6) is 0 Å². The molecular formula is C7H14OS2. The lowest BCUT2D eigenvalue weighted by atomic mass is 10.4. The molecule has 0 aromatic carbocycles. The molecule has 0 N–H and O–H groups in total. The largest absolute Gasteiger partial charge is 0.248 e. The van der Waals surface area contributed by atoms with Crippen molar-refractivity contribution < 1.29 is 4.21 Å². The van der Waals surface area contributed by atoms with Gasteiger partial charge in [-0.2, -0.15) is 0 Å². The third kappa shape index (κ3) is 6.36. The summed E-state index contributed by atoms with van der Waals surface area (Å²) in [6.07, 6.45) is 4.10. The second kappa shape index (κ2) is 7.35. The van der Waals surface area contributed by atoms with Crippen molar-refractivity contribution in [3.05, 3.63) is 11.5 Å². The molecule has 1 atom stereocenters. The van der Waals surface area contributed by atoms with Crippen molar-refractivity contribution >= 4 is 20.6 Å². The van der Waals surface area contributed by atoms with Gasteiger partial charge in [0, 0.05) is 5.75 Å². The predicted octanol–water partition coefficient (Wildman–Crippen LogP) is 2.72. The van der Waals surface area contributed by atoms with E-state index in [2.05, 4.69) is 6.92 Å². The van der Waals surface area contributed by atoms with Gasteiger partial charge in [-0.1, -0.05) is 19.4 Å². The van der Waals surface area contributed by atoms with Crippen LogP contribution in [0.1, 0.15) is 26.7 Å². The zero-order valence-corrected chi connectivity index (χ0v) is 8.13. The molecule has 0 saturated carbocycles. The molecule has 1 nitrogen and oxygen atoms in total. The molecule has 0 amide bonds. The molecule has 0 aliphatic carbocycles. The van der Waals surface area contributed by atoms with Crippen LogP contribution in [0.2, 0.25) is 0 Å². The highest BCUT2D eigenvalue weighted by Gasteiger charge is 1.94. The van der Waals surface area contributed by atoms with E-state index in [1.807, 2.05) is 18.4 Å². The highest BCUT2D eigenvalue weighted by Crippen LogP contribution is 2.10. The van der Waals surface area contributed by atoms with Crippen molar-refractivity contribution in [1.29, 1.82) is 0 Å². The molecule has 0 radical (unpaired) electrons. The van der Waals surface area contributed by atoms with E-state index >= 15 is 0 Å². The number of rotatable bonds is 5. The van der Waals surface area contributed by atoms with E-state index in [1.165, 1.54) is 10.8 Å². The van der Waals surface area contributed by atoms with Crippen LogP contribution >= 0.6 is 10.8 Å². The number of hydrogen-bond donors (Lipinski definition) is 0. The molecule has 0 spiro atoms. The van der Waals surface area contributed by atoms with E-state index in [0.717, 1.165) is 18.6 Å². The third-order valence-corrected chi connectivity index (χ3v) is 3.66. The summed E-state index contributed by atoms with van der Waals surface area (Å²) in [5.41, 5.74) is 0. The Morgan fingerprint density at radius 3 is 2.80 bits per heavy atom. The highest BCUT2D eigenvalue weighted by atomic mass is 33.1. The van der Waals surface area contributed by atoms with Crippen LogP contribution in [0.15, 0.2) is 11.5 Å². The van der Waals surface area contributed by atoms with E-state index < -0.39 is 9.83 Å². The maximum Gasteiger partial charge on any atom is 0.0846 e. The Bertz CT molecular complexity index is 121. The number of hydrogen-bond acceptors (Lipinski definition) is 2. The maximum atomic E-state index is 11.0. The fraction of sp³-hybridized carbons (Fsp3) is 0.714. The number of unbranched alkanes of at least 4 members (excludes halogenated alkanes) is 1. The molecule has 3 heteroatoms. The minimum Gasteiger partial charge on any atom is -0.248 e. The SMILES string of the molecule is C/C=C\SS(=O)CCCC. The van der Waals surface area contributed by atoms with Crippen molar-refractivity contribution in [3.63, 3.8) is 0 Å². The van der Waals surface area contributed by atoms with Crippen LogP contribution in [-0.2, 0) is 9.83 Å². The van der Waals surface area contributed by atoms with Crippen molar-refractivity contribution in [3.8, 4) is 0 Å². The Hall–Kier alpha value is 0.240. The van der Waals surface area contributed by atoms with Crippen LogP contribution in [0.3, 0.4) is 0 Å². The summed E-state index contributed by atoms with van der Waals surface area (Å²) >= 11 is 0. The first-order chi connectivity index (χ1) is 4.81. The zero-order valence-electron chi connectivity index (χ0n) is 6.50. The van der Waals surface area contributed by atoms with Gasteiger partial charge in [-0.15, -0.1) is 0 Å². The maximum absolute atomic E-state index is 11.0. The number of allylic oxidation sites excluding steroid dienone is 1. The first-order valence-electron chi connectivity index (χ1n) is 3.48. The Morgan fingerprint density at radius 2 is 2.30 bits per heavy atom. The Balaban J connectivity index is 3.25. The summed E-state index contributed by atoms with van der Waals surface area (Å²) in [6, 6.07) is 0. The standard InChI is InChI=1S/C7H14OS2/c1-3-5-7-10(8)9-6-4-2/h4,6H,3,5,7H2,1-2H3/b6-4-. The van der Waals surface area contributed by atoms with Gasteiger partial charge in [0.2, 0.25) is 0 Å². The van der Waals surface area contributed by atoms with Gasteiger partial charge >= 0.3 is 0 Å². The van der Waals surface area contributed by atoms with Gasteiger partial charge in [0.1, 0.15) is 0 Å². The molecule has 0 fully saturated rings. The molecule has 0 bridgehead atoms. The van der Waals surface area contributed by atoms with Gasteiger partial charge in [-0.05, 0) is 29.5 Å². The molecule has 60 valence electrons. The first-order valence-corrected chi connectivity index (χ1v) is 6.19. The Morgan fingerprint density at radius 1 is 1.60 bits per heavy atom. The lowest BCUT2D eigenvalue weighted by molar-refractivity contribution is 0.688. The summed E-state index contributed by atoms with van der Waals surface area (Å²) in [5, 5.41) is 1.88. The van der Waals surface area contributed by atoms with Gasteiger partial charge < -0.3 is 0 Å². The van der Waals surface area contributed by atoms with Crippen LogP contribution in [0, 0.1) is 0 Å². The molecule has 1 unspecified atom stereocenters. The fourth-order valence-corrected chi connectivity index (χ4v) is 2.63. The van der Waals surface area contributed by atoms with Crippen molar-refractivity contribution in [2.75, 3.05) is 5.75 Å². The molecule has 0 rings (SSSR count). The second-order valence-electron chi connectivity index (χ2n) is 1.93. The summed E-state index contributed by atoms with van der Waals surface area (Å²) in [7, 11) is 0.718. The van der Waals surface area contributed by atoms with Crippen LogP contribution in [-0.4, -0.2) is 9.96 Å². The molecule has 0 aromatic heterocycles. The van der Waals surface area contributed by atoms with Crippen LogP contribution in [0.4, 0.5) is 0 Å². The second-order valence-corrected chi connectivity index (χ2v) is 5.10. The molecule has 10 heavy (non-hydrogen) atoms. The smallest absolute Gasteiger partial charge is 0.0846 e. The predicted molar refractivity (Wildman–Crippen MR) is 50.3 cm³/mol. The minimum absolute atomic E-state index is 0.690. The molecule has 0 aliphatic rings. The van der Waals surface area contributed by atoms with Gasteiger partial charge in [-0.3, -0.25) is 0 Å². The van der Waals surface area contributed by atoms with E-state index in [-0.39, 0.29) is 0 Å². The van der Waals surface area contributed by atoms with Crippen molar-refractivity contribution in [1.82, 2.24) is 0 Å². The van der Waals surface area contributed by atoms with Crippen molar-refractivity contribution in [2.24, 2.45) is 0 Å². The zero-order chi connectivity index (χ0) is 7.82. The first kappa shape index (κ1) is 10.2. The Labute approximate surface area is 69.1 Å². The van der Waals surface area contributed by atoms with Gasteiger partial charge in [0.15, 0.2) is 0 Å². The highest BCUT2D eigenvalue weighted by molar-refractivity contribution is 8.70. The van der Waals surface area contributed by atoms with Crippen molar-refractivity contribution in [2.45, 2.75) is 26.7 Å². The van der Waals surface area contributed by atoms with Crippen LogP contribution < -0.4 is 0 Å². The molecule has 0 aromatic rings. The van der Waals surface area contributed by atoms with Gasteiger partial charge in [-0.25, -0.2) is 4.21 Å². The quantitative estimate of drug-likeness (QED) is 0.602. The average molecular weight is 178 g/mol. The molecular weight excluding hydrogens is 164 g/mol. The van der Waals surface area contributed by atoms with Gasteiger partial charge in [0.25, 0.3) is 0 Å². The van der Waals surface area contributed by atoms with Crippen LogP contribution in [0.25, 0.3) is 0 Å².